The third kappa shape index (κ3) is 5.04. The van der Waals surface area contributed by atoms with Crippen LogP contribution in [-0.4, -0.2) is 32.2 Å². The van der Waals surface area contributed by atoms with Crippen LogP contribution in [0.15, 0.2) is 36.4 Å². The molecule has 3 aromatic rings. The fourth-order valence-electron chi connectivity index (χ4n) is 4.38. The number of alkyl halides is 3. The Labute approximate surface area is 200 Å². The highest BCUT2D eigenvalue weighted by Crippen LogP contribution is 2.35. The van der Waals surface area contributed by atoms with Gasteiger partial charge in [0, 0.05) is 17.3 Å². The molecule has 1 aromatic heterocycles. The van der Waals surface area contributed by atoms with Gasteiger partial charge >= 0.3 is 12.2 Å². The summed E-state index contributed by atoms with van der Waals surface area (Å²) < 4.78 is 41.2. The van der Waals surface area contributed by atoms with Gasteiger partial charge in [-0.1, -0.05) is 23.7 Å². The average Bonchev–Trinajstić information content (AvgIpc) is 3.37. The molecule has 1 fully saturated rings. The highest BCUT2D eigenvalue weighted by atomic mass is 35.5. The zero-order valence-corrected chi connectivity index (χ0v) is 19.8. The van der Waals surface area contributed by atoms with Gasteiger partial charge < -0.3 is 10.2 Å². The van der Waals surface area contributed by atoms with Crippen LogP contribution in [0.5, 0.6) is 0 Å². The van der Waals surface area contributed by atoms with Crippen molar-refractivity contribution < 1.29 is 18.0 Å². The first kappa shape index (κ1) is 24.1. The lowest BCUT2D eigenvalue weighted by Crippen LogP contribution is -2.36. The van der Waals surface area contributed by atoms with Crippen LogP contribution in [0.4, 0.5) is 23.7 Å². The van der Waals surface area contributed by atoms with Gasteiger partial charge in [0.25, 0.3) is 0 Å². The van der Waals surface area contributed by atoms with E-state index < -0.39 is 11.7 Å². The normalized spacial score (nSPS) is 16.2. The standard InChI is InChI=1S/C24H25ClF3N5O/c1-14-11-18(24(26,27)28)12-15(2)21(14)30-23(34)32-10-4-5-20(32)22-29-16(3)31-33(22)13-17-6-8-19(25)9-7-17/h6-9,11-12,20H,4-5,10,13H2,1-3H3,(H,30,34)/t20-/m1/s1. The molecular formula is C24H25ClF3N5O. The van der Waals surface area contributed by atoms with Gasteiger partial charge in [-0.15, -0.1) is 0 Å². The molecule has 2 heterocycles. The van der Waals surface area contributed by atoms with E-state index in [0.717, 1.165) is 30.5 Å². The summed E-state index contributed by atoms with van der Waals surface area (Å²) in [6.07, 6.45) is -2.93. The lowest BCUT2D eigenvalue weighted by molar-refractivity contribution is -0.137. The Kier molecular flexibility index (Phi) is 6.58. The van der Waals surface area contributed by atoms with Crippen LogP contribution >= 0.6 is 11.6 Å². The minimum atomic E-state index is -4.44. The number of amides is 2. The number of nitrogens with zero attached hydrogens (tertiary/aromatic N) is 4. The van der Waals surface area contributed by atoms with Crippen LogP contribution in [0, 0.1) is 20.8 Å². The monoisotopic (exact) mass is 491 g/mol. The van der Waals surface area contributed by atoms with Crippen LogP contribution in [0.1, 0.15) is 52.8 Å². The van der Waals surface area contributed by atoms with Crippen LogP contribution in [0.2, 0.25) is 5.02 Å². The smallest absolute Gasteiger partial charge is 0.314 e. The van der Waals surface area contributed by atoms with Crippen LogP contribution in [0.25, 0.3) is 0 Å². The predicted molar refractivity (Wildman–Crippen MR) is 124 cm³/mol. The molecular weight excluding hydrogens is 467 g/mol. The van der Waals surface area contributed by atoms with Gasteiger partial charge in [-0.25, -0.2) is 14.5 Å². The fourth-order valence-corrected chi connectivity index (χ4v) is 4.50. The Balaban J connectivity index is 1.57. The Hall–Kier alpha value is -3.07. The SMILES string of the molecule is Cc1nc([C@H]2CCCN2C(=O)Nc2c(C)cc(C(F)(F)F)cc2C)n(Cc2ccc(Cl)cc2)n1. The van der Waals surface area contributed by atoms with Gasteiger partial charge in [0.05, 0.1) is 18.2 Å². The summed E-state index contributed by atoms with van der Waals surface area (Å²) in [5.41, 5.74) is 1.38. The second-order valence-corrected chi connectivity index (χ2v) is 9.00. The van der Waals surface area contributed by atoms with Crippen molar-refractivity contribution in [1.82, 2.24) is 19.7 Å². The van der Waals surface area contributed by atoms with E-state index >= 15 is 0 Å². The molecule has 1 N–H and O–H groups in total. The summed E-state index contributed by atoms with van der Waals surface area (Å²) in [5, 5.41) is 7.99. The maximum absolute atomic E-state index is 13.2. The molecule has 0 unspecified atom stereocenters. The van der Waals surface area contributed by atoms with Crippen molar-refractivity contribution >= 4 is 23.3 Å². The third-order valence-electron chi connectivity index (χ3n) is 5.96. The number of urea groups is 1. The number of carbonyl (C=O) groups is 1. The average molecular weight is 492 g/mol. The van der Waals surface area contributed by atoms with Crippen LogP contribution in [-0.2, 0) is 12.7 Å². The number of benzene rings is 2. The van der Waals surface area contributed by atoms with Crippen molar-refractivity contribution in [2.75, 3.05) is 11.9 Å². The van der Waals surface area contributed by atoms with E-state index in [-0.39, 0.29) is 12.1 Å². The zero-order chi connectivity index (χ0) is 24.6. The molecule has 0 radical (unpaired) electrons. The maximum Gasteiger partial charge on any atom is 0.416 e. The lowest BCUT2D eigenvalue weighted by atomic mass is 10.0. The van der Waals surface area contributed by atoms with Crippen molar-refractivity contribution in [2.45, 2.75) is 52.4 Å². The number of aromatic nitrogens is 3. The predicted octanol–water partition coefficient (Wildman–Crippen LogP) is 6.29. The van der Waals surface area contributed by atoms with Gasteiger partial charge in [0.1, 0.15) is 11.6 Å². The fraction of sp³-hybridized carbons (Fsp3) is 0.375. The lowest BCUT2D eigenvalue weighted by Gasteiger charge is -2.26. The molecule has 10 heteroatoms. The molecule has 0 aliphatic carbocycles. The van der Waals surface area contributed by atoms with Gasteiger partial charge in [-0.3, -0.25) is 0 Å². The minimum absolute atomic E-state index is 0.288. The number of rotatable bonds is 4. The second-order valence-electron chi connectivity index (χ2n) is 8.57. The van der Waals surface area contributed by atoms with Gasteiger partial charge in [-0.2, -0.15) is 18.3 Å². The Morgan fingerprint density at radius 2 is 1.79 bits per heavy atom. The summed E-state index contributed by atoms with van der Waals surface area (Å²) in [7, 11) is 0. The second kappa shape index (κ2) is 9.29. The van der Waals surface area contributed by atoms with Crippen molar-refractivity contribution in [3.8, 4) is 0 Å². The molecule has 180 valence electrons. The number of nitrogens with one attached hydrogen (secondary N) is 1. The van der Waals surface area contributed by atoms with E-state index in [2.05, 4.69) is 15.4 Å². The van der Waals surface area contributed by atoms with Gasteiger partial charge in [0.15, 0.2) is 0 Å². The Bertz CT molecular complexity index is 1180. The number of anilines is 1. The summed E-state index contributed by atoms with van der Waals surface area (Å²) >= 11 is 5.99. The van der Waals surface area contributed by atoms with Crippen molar-refractivity contribution in [2.24, 2.45) is 0 Å². The first-order valence-electron chi connectivity index (χ1n) is 10.9. The number of halogens is 4. The van der Waals surface area contributed by atoms with E-state index in [1.54, 1.807) is 30.4 Å². The molecule has 1 saturated heterocycles. The van der Waals surface area contributed by atoms with E-state index in [9.17, 15) is 18.0 Å². The third-order valence-corrected chi connectivity index (χ3v) is 6.21. The molecule has 34 heavy (non-hydrogen) atoms. The molecule has 1 aliphatic heterocycles. The topological polar surface area (TPSA) is 63.1 Å². The number of carbonyl (C=O) groups excluding carboxylic acids is 1. The Morgan fingerprint density at radius 1 is 1.15 bits per heavy atom. The van der Waals surface area contributed by atoms with E-state index in [1.807, 2.05) is 24.3 Å². The number of likely N-dealkylation sites (tertiary alicyclic amines) is 1. The summed E-state index contributed by atoms with van der Waals surface area (Å²) in [6, 6.07) is 8.90. The minimum Gasteiger partial charge on any atom is -0.314 e. The number of hydrogen-bond donors (Lipinski definition) is 1. The van der Waals surface area contributed by atoms with Crippen LogP contribution < -0.4 is 5.32 Å². The van der Waals surface area contributed by atoms with Crippen molar-refractivity contribution in [3.63, 3.8) is 0 Å². The van der Waals surface area contributed by atoms with E-state index in [4.69, 9.17) is 11.6 Å². The van der Waals surface area contributed by atoms with Crippen molar-refractivity contribution in [3.05, 3.63) is 75.3 Å². The molecule has 6 nitrogen and oxygen atoms in total. The molecule has 2 aromatic carbocycles. The highest BCUT2D eigenvalue weighted by molar-refractivity contribution is 6.30. The summed E-state index contributed by atoms with van der Waals surface area (Å²) in [6.45, 7) is 5.92. The molecule has 0 bridgehead atoms. The molecule has 4 rings (SSSR count). The Morgan fingerprint density at radius 3 is 2.41 bits per heavy atom. The number of aryl methyl sites for hydroxylation is 3. The molecule has 2 amide bonds. The first-order chi connectivity index (χ1) is 16.0. The summed E-state index contributed by atoms with van der Waals surface area (Å²) in [5.74, 6) is 1.28. The van der Waals surface area contributed by atoms with Gasteiger partial charge in [0.2, 0.25) is 0 Å². The molecule has 0 saturated carbocycles. The highest BCUT2D eigenvalue weighted by Gasteiger charge is 2.35. The first-order valence-corrected chi connectivity index (χ1v) is 11.3. The van der Waals surface area contributed by atoms with Crippen LogP contribution in [0.3, 0.4) is 0 Å². The zero-order valence-electron chi connectivity index (χ0n) is 19.1. The van der Waals surface area contributed by atoms with E-state index in [1.165, 1.54) is 0 Å². The van der Waals surface area contributed by atoms with Crippen molar-refractivity contribution in [1.29, 1.82) is 0 Å². The maximum atomic E-state index is 13.2. The molecule has 0 spiro atoms. The van der Waals surface area contributed by atoms with E-state index in [0.29, 0.717) is 46.6 Å². The number of hydrogen-bond acceptors (Lipinski definition) is 3. The largest absolute Gasteiger partial charge is 0.416 e. The van der Waals surface area contributed by atoms with Gasteiger partial charge in [-0.05, 0) is 74.6 Å². The quantitative estimate of drug-likeness (QED) is 0.466. The molecule has 1 atom stereocenters. The molecule has 1 aliphatic rings. The summed E-state index contributed by atoms with van der Waals surface area (Å²) in [4.78, 5) is 19.5.